The number of benzene rings is 1. The molecule has 1 aliphatic heterocycles. The average Bonchev–Trinajstić information content (AvgIpc) is 2.57. The van der Waals surface area contributed by atoms with E-state index in [0.717, 1.165) is 17.1 Å². The number of methoxy groups -OCH3 is 1. The predicted molar refractivity (Wildman–Crippen MR) is 92.5 cm³/mol. The van der Waals surface area contributed by atoms with Crippen molar-refractivity contribution >= 4 is 23.6 Å². The number of para-hydroxylation sites is 1. The fraction of sp³-hybridized carbons (Fsp3) is 0.529. The Kier molecular flexibility index (Phi) is 6.77. The molecule has 5 nitrogen and oxygen atoms in total. The van der Waals surface area contributed by atoms with Gasteiger partial charge in [0, 0.05) is 37.4 Å². The van der Waals surface area contributed by atoms with Crippen LogP contribution in [0.2, 0.25) is 0 Å². The maximum absolute atomic E-state index is 12.2. The van der Waals surface area contributed by atoms with Gasteiger partial charge in [-0.2, -0.15) is 11.8 Å². The molecule has 1 unspecified atom stereocenters. The third kappa shape index (κ3) is 4.89. The number of nitrogens with one attached hydrogen (secondary N) is 1. The molecule has 23 heavy (non-hydrogen) atoms. The van der Waals surface area contributed by atoms with Crippen LogP contribution in [-0.2, 0) is 16.1 Å². The lowest BCUT2D eigenvalue weighted by molar-refractivity contribution is -0.138. The van der Waals surface area contributed by atoms with Crippen LogP contribution in [0.15, 0.2) is 24.3 Å². The van der Waals surface area contributed by atoms with Crippen molar-refractivity contribution in [3.63, 3.8) is 0 Å². The summed E-state index contributed by atoms with van der Waals surface area (Å²) < 4.78 is 5.34. The van der Waals surface area contributed by atoms with Gasteiger partial charge in [-0.1, -0.05) is 18.2 Å². The van der Waals surface area contributed by atoms with Gasteiger partial charge in [-0.3, -0.25) is 9.59 Å². The first-order valence-electron chi connectivity index (χ1n) is 7.82. The summed E-state index contributed by atoms with van der Waals surface area (Å²) in [6.45, 7) is 1.64. The zero-order chi connectivity index (χ0) is 16.7. The number of amides is 2. The minimum Gasteiger partial charge on any atom is -0.496 e. The van der Waals surface area contributed by atoms with Crippen LogP contribution in [0.3, 0.4) is 0 Å². The molecule has 0 aliphatic carbocycles. The molecule has 6 heteroatoms. The summed E-state index contributed by atoms with van der Waals surface area (Å²) in [6.07, 6.45) is 3.07. The molecule has 1 aromatic rings. The third-order valence-electron chi connectivity index (χ3n) is 4.03. The first-order valence-corrected chi connectivity index (χ1v) is 9.21. The quantitative estimate of drug-likeness (QED) is 0.773. The highest BCUT2D eigenvalue weighted by Gasteiger charge is 2.30. The molecule has 1 heterocycles. The monoisotopic (exact) mass is 336 g/mol. The van der Waals surface area contributed by atoms with Crippen molar-refractivity contribution in [1.82, 2.24) is 10.2 Å². The Balaban J connectivity index is 1.98. The Morgan fingerprint density at radius 1 is 1.43 bits per heavy atom. The van der Waals surface area contributed by atoms with Gasteiger partial charge in [0.1, 0.15) is 5.75 Å². The molecule has 1 fully saturated rings. The van der Waals surface area contributed by atoms with Crippen LogP contribution in [0.25, 0.3) is 0 Å². The number of likely N-dealkylation sites (tertiary alicyclic amines) is 1. The number of rotatable bonds is 7. The van der Waals surface area contributed by atoms with E-state index in [4.69, 9.17) is 4.74 Å². The van der Waals surface area contributed by atoms with Crippen LogP contribution in [0.5, 0.6) is 5.75 Å². The molecule has 0 radical (unpaired) electrons. The lowest BCUT2D eigenvalue weighted by Gasteiger charge is -2.32. The molecular formula is C17H24N2O3S. The smallest absolute Gasteiger partial charge is 0.224 e. The lowest BCUT2D eigenvalue weighted by Crippen LogP contribution is -2.45. The first-order chi connectivity index (χ1) is 11.2. The summed E-state index contributed by atoms with van der Waals surface area (Å²) in [5.41, 5.74) is 0.965. The topological polar surface area (TPSA) is 58.6 Å². The van der Waals surface area contributed by atoms with Crippen molar-refractivity contribution < 1.29 is 14.3 Å². The van der Waals surface area contributed by atoms with Crippen LogP contribution in [-0.4, -0.2) is 48.9 Å². The number of nitrogens with zero attached hydrogens (tertiary/aromatic N) is 1. The zero-order valence-electron chi connectivity index (χ0n) is 13.7. The normalized spacial score (nSPS) is 17.9. The second kappa shape index (κ2) is 8.82. The van der Waals surface area contributed by atoms with E-state index in [1.54, 1.807) is 23.8 Å². The van der Waals surface area contributed by atoms with Gasteiger partial charge >= 0.3 is 0 Å². The van der Waals surface area contributed by atoms with Crippen molar-refractivity contribution in [2.45, 2.75) is 19.4 Å². The van der Waals surface area contributed by atoms with Gasteiger partial charge < -0.3 is 15.0 Å². The summed E-state index contributed by atoms with van der Waals surface area (Å²) >= 11 is 1.70. The van der Waals surface area contributed by atoms with Crippen molar-refractivity contribution in [3.05, 3.63) is 29.8 Å². The van der Waals surface area contributed by atoms with Crippen molar-refractivity contribution in [1.29, 1.82) is 0 Å². The van der Waals surface area contributed by atoms with E-state index in [0.29, 0.717) is 32.5 Å². The van der Waals surface area contributed by atoms with Crippen LogP contribution in [0, 0.1) is 5.92 Å². The highest BCUT2D eigenvalue weighted by molar-refractivity contribution is 7.98. The molecule has 1 atom stereocenters. The number of carbonyl (C=O) groups is 2. The standard InChI is InChI=1S/C17H24N2O3S/c1-22-15-6-4-3-5-13(15)11-19-12-14(7-8-16(19)20)17(21)18-9-10-23-2/h3-6,14H,7-12H2,1-2H3,(H,18,21). The molecule has 0 spiro atoms. The zero-order valence-corrected chi connectivity index (χ0v) is 14.5. The van der Waals surface area contributed by atoms with Crippen LogP contribution in [0.1, 0.15) is 18.4 Å². The van der Waals surface area contributed by atoms with E-state index < -0.39 is 0 Å². The summed E-state index contributed by atoms with van der Waals surface area (Å²) in [5.74, 6) is 1.71. The summed E-state index contributed by atoms with van der Waals surface area (Å²) in [5, 5.41) is 2.95. The van der Waals surface area contributed by atoms with E-state index >= 15 is 0 Å². The van der Waals surface area contributed by atoms with Gasteiger partial charge in [-0.05, 0) is 18.7 Å². The molecule has 2 rings (SSSR count). The Labute approximate surface area is 141 Å². The molecule has 0 aromatic heterocycles. The summed E-state index contributed by atoms with van der Waals surface area (Å²) in [6, 6.07) is 7.67. The van der Waals surface area contributed by atoms with Crippen LogP contribution < -0.4 is 10.1 Å². The Hall–Kier alpha value is -1.69. The largest absolute Gasteiger partial charge is 0.496 e. The van der Waals surface area contributed by atoms with E-state index in [1.807, 2.05) is 30.5 Å². The van der Waals surface area contributed by atoms with E-state index in [2.05, 4.69) is 5.32 Å². The van der Waals surface area contributed by atoms with Crippen LogP contribution >= 0.6 is 11.8 Å². The number of ether oxygens (including phenoxy) is 1. The number of thioether (sulfide) groups is 1. The second-order valence-electron chi connectivity index (χ2n) is 5.61. The summed E-state index contributed by atoms with van der Waals surface area (Å²) in [4.78, 5) is 26.2. The molecule has 1 aliphatic rings. The minimum absolute atomic E-state index is 0.0524. The van der Waals surface area contributed by atoms with Gasteiger partial charge in [-0.15, -0.1) is 0 Å². The van der Waals surface area contributed by atoms with Crippen LogP contribution in [0.4, 0.5) is 0 Å². The number of carbonyl (C=O) groups excluding carboxylic acids is 2. The SMILES string of the molecule is COc1ccccc1CN1CC(C(=O)NCCSC)CCC1=O. The van der Waals surface area contributed by atoms with Gasteiger partial charge in [0.2, 0.25) is 11.8 Å². The highest BCUT2D eigenvalue weighted by atomic mass is 32.2. The first kappa shape index (κ1) is 17.7. The molecule has 2 amide bonds. The average molecular weight is 336 g/mol. The maximum Gasteiger partial charge on any atom is 0.224 e. The molecule has 0 saturated carbocycles. The summed E-state index contributed by atoms with van der Waals surface area (Å²) in [7, 11) is 1.62. The second-order valence-corrected chi connectivity index (χ2v) is 6.59. The van der Waals surface area contributed by atoms with Gasteiger partial charge in [0.15, 0.2) is 0 Å². The lowest BCUT2D eigenvalue weighted by atomic mass is 9.96. The van der Waals surface area contributed by atoms with E-state index in [1.165, 1.54) is 0 Å². The van der Waals surface area contributed by atoms with Crippen molar-refractivity contribution in [2.75, 3.05) is 32.2 Å². The van der Waals surface area contributed by atoms with E-state index in [9.17, 15) is 9.59 Å². The van der Waals surface area contributed by atoms with Gasteiger partial charge in [0.05, 0.1) is 13.0 Å². The molecule has 126 valence electrons. The molecule has 1 saturated heterocycles. The van der Waals surface area contributed by atoms with E-state index in [-0.39, 0.29) is 17.7 Å². The third-order valence-corrected chi connectivity index (χ3v) is 4.64. The Bertz CT molecular complexity index is 550. The Morgan fingerprint density at radius 2 is 2.22 bits per heavy atom. The fourth-order valence-corrected chi connectivity index (χ4v) is 3.05. The molecular weight excluding hydrogens is 312 g/mol. The van der Waals surface area contributed by atoms with Gasteiger partial charge in [-0.25, -0.2) is 0 Å². The number of hydrogen-bond acceptors (Lipinski definition) is 4. The fourth-order valence-electron chi connectivity index (χ4n) is 2.74. The maximum atomic E-state index is 12.2. The van der Waals surface area contributed by atoms with Crippen molar-refractivity contribution in [2.24, 2.45) is 5.92 Å². The molecule has 0 bridgehead atoms. The van der Waals surface area contributed by atoms with Crippen molar-refractivity contribution in [3.8, 4) is 5.75 Å². The molecule has 1 aromatic carbocycles. The Morgan fingerprint density at radius 3 is 2.96 bits per heavy atom. The number of piperidine rings is 1. The minimum atomic E-state index is -0.121. The number of hydrogen-bond donors (Lipinski definition) is 1. The predicted octanol–water partition coefficient (Wildman–Crippen LogP) is 1.91. The molecule has 1 N–H and O–H groups in total. The highest BCUT2D eigenvalue weighted by Crippen LogP contribution is 2.24. The van der Waals surface area contributed by atoms with Gasteiger partial charge in [0.25, 0.3) is 0 Å².